The number of hydrogen-bond donors (Lipinski definition) is 3. The number of benzene rings is 1. The number of nitrogens with one attached hydrogen (secondary N) is 3. The van der Waals surface area contributed by atoms with Crippen molar-refractivity contribution in [2.24, 2.45) is 14.1 Å². The van der Waals surface area contributed by atoms with Gasteiger partial charge < -0.3 is 24.8 Å². The van der Waals surface area contributed by atoms with Gasteiger partial charge in [-0.15, -0.1) is 0 Å². The Hall–Kier alpha value is -4.41. The molecule has 0 aliphatic rings. The van der Waals surface area contributed by atoms with Crippen LogP contribution in [-0.2, 0) is 14.1 Å². The second kappa shape index (κ2) is 8.75. The third-order valence-corrected chi connectivity index (χ3v) is 5.50. The molecule has 7 nitrogen and oxygen atoms in total. The minimum Gasteiger partial charge on any atom is -0.347 e. The van der Waals surface area contributed by atoms with Crippen molar-refractivity contribution < 1.29 is 17.6 Å². The van der Waals surface area contributed by atoms with Crippen LogP contribution in [0.3, 0.4) is 0 Å². The summed E-state index contributed by atoms with van der Waals surface area (Å²) in [6.45, 7) is 0. The summed E-state index contributed by atoms with van der Waals surface area (Å²) < 4.78 is 56.2. The van der Waals surface area contributed by atoms with E-state index in [0.29, 0.717) is 23.5 Å². The first-order valence-electron chi connectivity index (χ1n) is 10.2. The lowest BCUT2D eigenvalue weighted by molar-refractivity contribution is -0.146. The van der Waals surface area contributed by atoms with Crippen molar-refractivity contribution in [2.75, 3.05) is 0 Å². The fraction of sp³-hybridized carbons (Fsp3) is 0.125. The van der Waals surface area contributed by atoms with E-state index in [4.69, 9.17) is 5.41 Å². The van der Waals surface area contributed by atoms with E-state index in [1.807, 2.05) is 6.07 Å². The molecule has 0 atom stereocenters. The number of alkyl halides is 3. The first-order chi connectivity index (χ1) is 16.5. The Morgan fingerprint density at radius 2 is 1.69 bits per heavy atom. The smallest absolute Gasteiger partial charge is 0.347 e. The van der Waals surface area contributed by atoms with Crippen molar-refractivity contribution >= 4 is 22.7 Å². The summed E-state index contributed by atoms with van der Waals surface area (Å²) in [6.07, 6.45) is -0.879. The average Bonchev–Trinajstić information content (AvgIpc) is 3.15. The van der Waals surface area contributed by atoms with Crippen LogP contribution in [-0.4, -0.2) is 26.6 Å². The van der Waals surface area contributed by atoms with Crippen LogP contribution in [0.2, 0.25) is 0 Å². The first kappa shape index (κ1) is 23.7. The molecule has 0 radical (unpaired) electrons. The number of aromatic amines is 1. The molecular weight excluding hydrogens is 466 g/mol. The van der Waals surface area contributed by atoms with Gasteiger partial charge in [-0.1, -0.05) is 30.3 Å². The van der Waals surface area contributed by atoms with E-state index >= 15 is 4.39 Å². The SMILES string of the molecule is Cn1cc(-c2ccccc2)c(-c2cn(C)c(=O)c3[nH]c(/C(C=N)=C/NC(F)(F)F)c(F)c23)cc1=O. The Morgan fingerprint density at radius 3 is 2.31 bits per heavy atom. The van der Waals surface area contributed by atoms with Crippen LogP contribution in [0.15, 0.2) is 64.6 Å². The summed E-state index contributed by atoms with van der Waals surface area (Å²) in [4.78, 5) is 27.9. The second-order valence-electron chi connectivity index (χ2n) is 7.82. The summed E-state index contributed by atoms with van der Waals surface area (Å²) in [5.74, 6) is -1.02. The number of aryl methyl sites for hydroxylation is 2. The number of hydrogen-bond acceptors (Lipinski definition) is 4. The highest BCUT2D eigenvalue weighted by Gasteiger charge is 2.27. The molecule has 0 saturated carbocycles. The monoisotopic (exact) mass is 485 g/mol. The quantitative estimate of drug-likeness (QED) is 0.225. The van der Waals surface area contributed by atoms with Crippen molar-refractivity contribution in [2.45, 2.75) is 6.30 Å². The number of fused-ring (bicyclic) bond motifs is 1. The highest BCUT2D eigenvalue weighted by molar-refractivity contribution is 6.10. The normalized spacial score (nSPS) is 12.2. The minimum absolute atomic E-state index is 0.187. The number of H-pyrrole nitrogens is 1. The number of nitrogens with zero attached hydrogens (tertiary/aromatic N) is 2. The third kappa shape index (κ3) is 4.39. The molecule has 0 spiro atoms. The minimum atomic E-state index is -4.80. The Morgan fingerprint density at radius 1 is 1.03 bits per heavy atom. The van der Waals surface area contributed by atoms with Crippen LogP contribution in [0.4, 0.5) is 17.6 Å². The molecule has 1 aromatic carbocycles. The van der Waals surface area contributed by atoms with Gasteiger partial charge in [-0.25, -0.2) is 4.39 Å². The molecule has 0 aliphatic carbocycles. The topological polar surface area (TPSA) is 95.7 Å². The molecule has 3 heterocycles. The summed E-state index contributed by atoms with van der Waals surface area (Å²) in [5, 5.41) is 8.40. The third-order valence-electron chi connectivity index (χ3n) is 5.50. The van der Waals surface area contributed by atoms with E-state index in [1.165, 1.54) is 28.4 Å². The molecule has 0 fully saturated rings. The Kier molecular flexibility index (Phi) is 5.93. The largest absolute Gasteiger partial charge is 0.481 e. The second-order valence-corrected chi connectivity index (χ2v) is 7.82. The zero-order valence-corrected chi connectivity index (χ0v) is 18.5. The van der Waals surface area contributed by atoms with Crippen LogP contribution in [0.1, 0.15) is 5.69 Å². The van der Waals surface area contributed by atoms with Crippen molar-refractivity contribution in [3.8, 4) is 22.3 Å². The van der Waals surface area contributed by atoms with Gasteiger partial charge >= 0.3 is 6.30 Å². The van der Waals surface area contributed by atoms with Crippen LogP contribution >= 0.6 is 0 Å². The fourth-order valence-electron chi connectivity index (χ4n) is 3.83. The molecule has 11 heteroatoms. The van der Waals surface area contributed by atoms with E-state index in [-0.39, 0.29) is 22.0 Å². The fourth-order valence-corrected chi connectivity index (χ4v) is 3.83. The zero-order valence-electron chi connectivity index (χ0n) is 18.5. The lowest BCUT2D eigenvalue weighted by Gasteiger charge is -2.14. The van der Waals surface area contributed by atoms with E-state index in [2.05, 4.69) is 4.98 Å². The van der Waals surface area contributed by atoms with Gasteiger partial charge in [0.2, 0.25) is 0 Å². The standard InChI is InChI=1S/C24H19F4N5O2/c1-32-11-16(13-6-4-3-5-7-13)15(8-18(32)34)17-12-33(2)23(35)22-19(17)20(25)21(31-22)14(9-29)10-30-24(26,27)28/h3-12,29-31H,1-2H3/b14-10+,29-9?. The molecular formula is C24H19F4N5O2. The lowest BCUT2D eigenvalue weighted by atomic mass is 9.95. The maximum atomic E-state index is 15.7. The van der Waals surface area contributed by atoms with Crippen molar-refractivity contribution in [1.29, 1.82) is 5.41 Å². The van der Waals surface area contributed by atoms with Crippen LogP contribution in [0.5, 0.6) is 0 Å². The summed E-state index contributed by atoms with van der Waals surface area (Å²) in [5.41, 5.74) is -0.332. The highest BCUT2D eigenvalue weighted by atomic mass is 19.4. The van der Waals surface area contributed by atoms with Crippen LogP contribution in [0.25, 0.3) is 38.7 Å². The number of pyridine rings is 2. The van der Waals surface area contributed by atoms with Crippen LogP contribution in [0, 0.1) is 11.2 Å². The van der Waals surface area contributed by atoms with Gasteiger partial charge in [-0.05, 0) is 11.1 Å². The van der Waals surface area contributed by atoms with Crippen molar-refractivity contribution in [1.82, 2.24) is 19.4 Å². The molecule has 180 valence electrons. The number of halogens is 4. The molecule has 35 heavy (non-hydrogen) atoms. The summed E-state index contributed by atoms with van der Waals surface area (Å²) >= 11 is 0. The zero-order chi connectivity index (χ0) is 25.5. The predicted molar refractivity (Wildman–Crippen MR) is 126 cm³/mol. The molecule has 0 amide bonds. The van der Waals surface area contributed by atoms with Gasteiger partial charge in [0.15, 0.2) is 5.82 Å². The van der Waals surface area contributed by atoms with Crippen LogP contribution < -0.4 is 16.4 Å². The first-order valence-corrected chi connectivity index (χ1v) is 10.2. The number of allylic oxidation sites excluding steroid dienone is 1. The maximum absolute atomic E-state index is 15.7. The van der Waals surface area contributed by atoms with E-state index in [0.717, 1.165) is 10.9 Å². The van der Waals surface area contributed by atoms with Crippen molar-refractivity contribution in [3.63, 3.8) is 0 Å². The molecule has 4 aromatic rings. The van der Waals surface area contributed by atoms with E-state index in [9.17, 15) is 22.8 Å². The van der Waals surface area contributed by atoms with Gasteiger partial charge in [0.25, 0.3) is 11.1 Å². The molecule has 3 N–H and O–H groups in total. The van der Waals surface area contributed by atoms with Gasteiger partial charge in [-0.2, -0.15) is 13.2 Å². The Bertz CT molecular complexity index is 1590. The Labute approximate surface area is 195 Å². The average molecular weight is 485 g/mol. The van der Waals surface area contributed by atoms with Gasteiger partial charge in [0.05, 0.1) is 11.1 Å². The molecule has 0 unspecified atom stereocenters. The van der Waals surface area contributed by atoms with Gasteiger partial charge in [0, 0.05) is 61.7 Å². The van der Waals surface area contributed by atoms with Gasteiger partial charge in [0.1, 0.15) is 5.52 Å². The lowest BCUT2D eigenvalue weighted by Crippen LogP contribution is -2.26. The summed E-state index contributed by atoms with van der Waals surface area (Å²) in [7, 11) is 3.00. The highest BCUT2D eigenvalue weighted by Crippen LogP contribution is 2.37. The molecule has 0 bridgehead atoms. The summed E-state index contributed by atoms with van der Waals surface area (Å²) in [6, 6.07) is 10.3. The van der Waals surface area contributed by atoms with E-state index < -0.39 is 28.9 Å². The Balaban J connectivity index is 2.07. The number of aromatic nitrogens is 3. The molecule has 0 aliphatic heterocycles. The molecule has 0 saturated heterocycles. The number of rotatable bonds is 5. The van der Waals surface area contributed by atoms with Gasteiger partial charge in [-0.3, -0.25) is 9.59 Å². The predicted octanol–water partition coefficient (Wildman–Crippen LogP) is 4.14. The van der Waals surface area contributed by atoms with E-state index in [1.54, 1.807) is 37.5 Å². The molecule has 3 aromatic heterocycles. The van der Waals surface area contributed by atoms with Crippen molar-refractivity contribution in [3.05, 3.63) is 87.2 Å². The molecule has 4 rings (SSSR count). The maximum Gasteiger partial charge on any atom is 0.481 e.